The Morgan fingerprint density at radius 1 is 1.31 bits per heavy atom. The van der Waals surface area contributed by atoms with Gasteiger partial charge < -0.3 is 5.32 Å². The molecule has 1 N–H and O–H groups in total. The second kappa shape index (κ2) is 4.98. The molecule has 3 heteroatoms. The van der Waals surface area contributed by atoms with Crippen molar-refractivity contribution in [2.24, 2.45) is 5.92 Å². The van der Waals surface area contributed by atoms with Crippen LogP contribution in [0, 0.1) is 17.2 Å². The van der Waals surface area contributed by atoms with E-state index in [0.29, 0.717) is 11.6 Å². The summed E-state index contributed by atoms with van der Waals surface area (Å²) in [5, 5.41) is 12.1. The molecule has 1 heterocycles. The molecule has 2 rings (SSSR count). The molecule has 16 heavy (non-hydrogen) atoms. The summed E-state index contributed by atoms with van der Waals surface area (Å²) in [6, 6.07) is 6.32. The van der Waals surface area contributed by atoms with Crippen molar-refractivity contribution in [3.05, 3.63) is 23.9 Å². The zero-order valence-electron chi connectivity index (χ0n) is 9.61. The third-order valence-electron chi connectivity index (χ3n) is 3.26. The number of anilines is 1. The van der Waals surface area contributed by atoms with Crippen molar-refractivity contribution in [3.8, 4) is 6.07 Å². The Bertz CT molecular complexity index is 369. The van der Waals surface area contributed by atoms with Gasteiger partial charge in [0, 0.05) is 12.2 Å². The average molecular weight is 215 g/mol. The summed E-state index contributed by atoms with van der Waals surface area (Å²) in [6.07, 6.45) is 6.67. The molecule has 84 valence electrons. The summed E-state index contributed by atoms with van der Waals surface area (Å²) in [4.78, 5) is 4.23. The van der Waals surface area contributed by atoms with Gasteiger partial charge in [0.05, 0.1) is 5.56 Å². The maximum atomic E-state index is 8.67. The van der Waals surface area contributed by atoms with Crippen LogP contribution in [-0.4, -0.2) is 11.0 Å². The monoisotopic (exact) mass is 215 g/mol. The molecule has 1 aliphatic rings. The Labute approximate surface area is 96.5 Å². The van der Waals surface area contributed by atoms with Crippen molar-refractivity contribution < 1.29 is 0 Å². The van der Waals surface area contributed by atoms with Crippen LogP contribution in [0.2, 0.25) is 0 Å². The van der Waals surface area contributed by atoms with E-state index >= 15 is 0 Å². The molecule has 0 aliphatic heterocycles. The molecule has 0 spiro atoms. The maximum absolute atomic E-state index is 8.67. The van der Waals surface area contributed by atoms with E-state index in [4.69, 9.17) is 5.26 Å². The Balaban J connectivity index is 1.91. The zero-order chi connectivity index (χ0) is 11.4. The first-order chi connectivity index (χ1) is 7.78. The lowest BCUT2D eigenvalue weighted by Gasteiger charge is -2.27. The molecule has 1 aromatic rings. The van der Waals surface area contributed by atoms with E-state index in [9.17, 15) is 0 Å². The van der Waals surface area contributed by atoms with Crippen LogP contribution in [0.4, 0.5) is 5.82 Å². The Kier molecular flexibility index (Phi) is 3.40. The van der Waals surface area contributed by atoms with Crippen molar-refractivity contribution in [1.29, 1.82) is 5.26 Å². The number of pyridine rings is 1. The first-order valence-corrected chi connectivity index (χ1v) is 5.90. The molecule has 0 radical (unpaired) electrons. The fourth-order valence-corrected chi connectivity index (χ4v) is 2.16. The van der Waals surface area contributed by atoms with E-state index in [1.165, 1.54) is 25.7 Å². The Hall–Kier alpha value is -1.56. The molecular weight excluding hydrogens is 198 g/mol. The standard InChI is InChI=1S/C13H17N3/c1-10-2-5-12(6-3-10)16-13-7-4-11(8-14)9-15-13/h4,7,9-10,12H,2-3,5-6H2,1H3,(H,15,16)/t10-,12-. The predicted octanol–water partition coefficient (Wildman–Crippen LogP) is 2.94. The number of aromatic nitrogens is 1. The van der Waals surface area contributed by atoms with Crippen LogP contribution in [0.15, 0.2) is 18.3 Å². The summed E-state index contributed by atoms with van der Waals surface area (Å²) in [6.45, 7) is 2.32. The molecule has 0 bridgehead atoms. The van der Waals surface area contributed by atoms with Gasteiger partial charge in [0.2, 0.25) is 0 Å². The minimum Gasteiger partial charge on any atom is -0.367 e. The lowest BCUT2D eigenvalue weighted by molar-refractivity contribution is 0.361. The predicted molar refractivity (Wildman–Crippen MR) is 64.0 cm³/mol. The highest BCUT2D eigenvalue weighted by molar-refractivity contribution is 5.39. The summed E-state index contributed by atoms with van der Waals surface area (Å²) >= 11 is 0. The number of nitriles is 1. The van der Waals surface area contributed by atoms with Gasteiger partial charge >= 0.3 is 0 Å². The van der Waals surface area contributed by atoms with E-state index in [-0.39, 0.29) is 0 Å². The summed E-state index contributed by atoms with van der Waals surface area (Å²) in [5.41, 5.74) is 0.614. The van der Waals surface area contributed by atoms with Crippen LogP contribution in [-0.2, 0) is 0 Å². The Morgan fingerprint density at radius 3 is 2.62 bits per heavy atom. The van der Waals surface area contributed by atoms with Crippen molar-refractivity contribution >= 4 is 5.82 Å². The highest BCUT2D eigenvalue weighted by Gasteiger charge is 2.17. The lowest BCUT2D eigenvalue weighted by Crippen LogP contribution is -2.25. The molecular formula is C13H17N3. The second-order valence-electron chi connectivity index (χ2n) is 4.65. The van der Waals surface area contributed by atoms with Gasteiger partial charge in [-0.15, -0.1) is 0 Å². The number of rotatable bonds is 2. The van der Waals surface area contributed by atoms with Crippen LogP contribution >= 0.6 is 0 Å². The third kappa shape index (κ3) is 2.73. The van der Waals surface area contributed by atoms with Crippen LogP contribution in [0.25, 0.3) is 0 Å². The fourth-order valence-electron chi connectivity index (χ4n) is 2.16. The van der Waals surface area contributed by atoms with Crippen LogP contribution in [0.3, 0.4) is 0 Å². The molecule has 1 aliphatic carbocycles. The summed E-state index contributed by atoms with van der Waals surface area (Å²) < 4.78 is 0. The minimum absolute atomic E-state index is 0.552. The first-order valence-electron chi connectivity index (χ1n) is 5.90. The second-order valence-corrected chi connectivity index (χ2v) is 4.65. The maximum Gasteiger partial charge on any atom is 0.126 e. The highest BCUT2D eigenvalue weighted by atomic mass is 15.0. The quantitative estimate of drug-likeness (QED) is 0.825. The SMILES string of the molecule is C[C@H]1CC[C@H](Nc2ccc(C#N)cn2)CC1. The largest absolute Gasteiger partial charge is 0.367 e. The normalized spacial score (nSPS) is 24.8. The number of nitrogens with one attached hydrogen (secondary N) is 1. The van der Waals surface area contributed by atoms with Gasteiger partial charge in [0.15, 0.2) is 0 Å². The van der Waals surface area contributed by atoms with E-state index < -0.39 is 0 Å². The molecule has 0 saturated heterocycles. The van der Waals surface area contributed by atoms with Crippen molar-refractivity contribution in [2.45, 2.75) is 38.6 Å². The molecule has 3 nitrogen and oxygen atoms in total. The summed E-state index contributed by atoms with van der Waals surface area (Å²) in [5.74, 6) is 1.76. The van der Waals surface area contributed by atoms with Gasteiger partial charge in [-0.3, -0.25) is 0 Å². The van der Waals surface area contributed by atoms with Gasteiger partial charge in [-0.2, -0.15) is 5.26 Å². The topological polar surface area (TPSA) is 48.7 Å². The van der Waals surface area contributed by atoms with Crippen molar-refractivity contribution in [2.75, 3.05) is 5.32 Å². The molecule has 0 amide bonds. The van der Waals surface area contributed by atoms with Crippen molar-refractivity contribution in [3.63, 3.8) is 0 Å². The molecule has 0 atom stereocenters. The Morgan fingerprint density at radius 2 is 2.06 bits per heavy atom. The van der Waals surface area contributed by atoms with E-state index in [0.717, 1.165) is 11.7 Å². The lowest BCUT2D eigenvalue weighted by atomic mass is 9.87. The number of hydrogen-bond donors (Lipinski definition) is 1. The molecule has 1 aromatic heterocycles. The highest BCUT2D eigenvalue weighted by Crippen LogP contribution is 2.25. The molecule has 0 unspecified atom stereocenters. The zero-order valence-corrected chi connectivity index (χ0v) is 9.61. The van der Waals surface area contributed by atoms with Gasteiger partial charge in [-0.25, -0.2) is 4.98 Å². The van der Waals surface area contributed by atoms with Crippen molar-refractivity contribution in [1.82, 2.24) is 4.98 Å². The molecule has 1 saturated carbocycles. The van der Waals surface area contributed by atoms with Crippen LogP contribution < -0.4 is 5.32 Å². The number of hydrogen-bond acceptors (Lipinski definition) is 3. The van der Waals surface area contributed by atoms with E-state index in [1.54, 1.807) is 12.3 Å². The first kappa shape index (κ1) is 10.9. The number of nitrogens with zero attached hydrogens (tertiary/aromatic N) is 2. The van der Waals surface area contributed by atoms with E-state index in [1.807, 2.05) is 6.07 Å². The smallest absolute Gasteiger partial charge is 0.126 e. The molecule has 0 aromatic carbocycles. The molecule has 1 fully saturated rings. The third-order valence-corrected chi connectivity index (χ3v) is 3.26. The van der Waals surface area contributed by atoms with Gasteiger partial charge in [-0.1, -0.05) is 6.92 Å². The minimum atomic E-state index is 0.552. The van der Waals surface area contributed by atoms with Gasteiger partial charge in [-0.05, 0) is 43.7 Å². The average Bonchev–Trinajstić information content (AvgIpc) is 2.33. The fraction of sp³-hybridized carbons (Fsp3) is 0.538. The van der Waals surface area contributed by atoms with Gasteiger partial charge in [0.25, 0.3) is 0 Å². The van der Waals surface area contributed by atoms with Gasteiger partial charge in [0.1, 0.15) is 11.9 Å². The van der Waals surface area contributed by atoms with Crippen LogP contribution in [0.5, 0.6) is 0 Å². The van der Waals surface area contributed by atoms with E-state index in [2.05, 4.69) is 23.3 Å². The van der Waals surface area contributed by atoms with Crippen LogP contribution in [0.1, 0.15) is 38.2 Å². The summed E-state index contributed by atoms with van der Waals surface area (Å²) in [7, 11) is 0.